The maximum Gasteiger partial charge on any atom is 0.245 e. The zero-order valence-electron chi connectivity index (χ0n) is 11.7. The van der Waals surface area contributed by atoms with Gasteiger partial charge in [-0.05, 0) is 19.0 Å². The number of hydrogen-bond donors (Lipinski definition) is 1. The molecule has 0 unspecified atom stereocenters. The molecule has 0 saturated heterocycles. The van der Waals surface area contributed by atoms with Gasteiger partial charge in [-0.2, -0.15) is 4.31 Å². The molecule has 0 radical (unpaired) electrons. The number of nitrogens with one attached hydrogen (secondary N) is 1. The van der Waals surface area contributed by atoms with Gasteiger partial charge >= 0.3 is 0 Å². The van der Waals surface area contributed by atoms with Crippen LogP contribution in [0.15, 0.2) is 17.2 Å². The van der Waals surface area contributed by atoms with E-state index in [9.17, 15) is 8.42 Å². The molecule has 1 heterocycles. The fourth-order valence-electron chi connectivity index (χ4n) is 1.68. The number of rotatable bonds is 7. The van der Waals surface area contributed by atoms with Crippen LogP contribution in [0.2, 0.25) is 0 Å². The third-order valence-corrected chi connectivity index (χ3v) is 4.61. The van der Waals surface area contributed by atoms with E-state index in [1.807, 2.05) is 11.6 Å². The number of aryl methyl sites for hydroxylation is 1. The molecule has 0 aliphatic rings. The van der Waals surface area contributed by atoms with Crippen LogP contribution in [0.1, 0.15) is 19.0 Å². The zero-order valence-corrected chi connectivity index (χ0v) is 12.5. The molecule has 1 N–H and O–H groups in total. The van der Waals surface area contributed by atoms with Crippen molar-refractivity contribution in [2.24, 2.45) is 7.05 Å². The summed E-state index contributed by atoms with van der Waals surface area (Å²) >= 11 is 0. The van der Waals surface area contributed by atoms with E-state index in [-0.39, 0.29) is 11.4 Å². The van der Waals surface area contributed by atoms with Gasteiger partial charge in [-0.3, -0.25) is 0 Å². The van der Waals surface area contributed by atoms with Crippen LogP contribution >= 0.6 is 0 Å². The molecular weight excluding hydrogens is 262 g/mol. The molecule has 0 fully saturated rings. The highest BCUT2D eigenvalue weighted by Crippen LogP contribution is 2.17. The average molecular weight is 283 g/mol. The van der Waals surface area contributed by atoms with Crippen LogP contribution in [-0.2, 0) is 23.6 Å². The Labute approximate surface area is 115 Å². The maximum atomic E-state index is 12.2. The molecule has 5 nitrogen and oxygen atoms in total. The minimum Gasteiger partial charge on any atom is -0.352 e. The SMILES string of the molecule is C#CCN(C)S(=O)(=O)c1cc(CNCCC)n(C)c1. The normalized spacial score (nSPS) is 11.7. The lowest BCUT2D eigenvalue weighted by Crippen LogP contribution is -2.26. The Morgan fingerprint density at radius 1 is 1.53 bits per heavy atom. The number of sulfonamides is 1. The van der Waals surface area contributed by atoms with Crippen molar-refractivity contribution in [3.05, 3.63) is 18.0 Å². The second kappa shape index (κ2) is 6.75. The van der Waals surface area contributed by atoms with Crippen LogP contribution in [0.5, 0.6) is 0 Å². The second-order valence-electron chi connectivity index (χ2n) is 4.42. The molecule has 0 aliphatic heterocycles. The predicted molar refractivity (Wildman–Crippen MR) is 76.1 cm³/mol. The van der Waals surface area contributed by atoms with Crippen LogP contribution in [0.4, 0.5) is 0 Å². The van der Waals surface area contributed by atoms with Gasteiger partial charge < -0.3 is 9.88 Å². The first-order valence-corrected chi connectivity index (χ1v) is 7.63. The van der Waals surface area contributed by atoms with Crippen molar-refractivity contribution < 1.29 is 8.42 Å². The van der Waals surface area contributed by atoms with Crippen molar-refractivity contribution in [3.63, 3.8) is 0 Å². The standard InChI is InChI=1S/C13H21N3O2S/c1-5-7-14-10-12-9-13(11-15(12)3)19(17,18)16(4)8-6-2/h2,9,11,14H,5,7-8,10H2,1,3-4H3. The molecule has 1 rings (SSSR count). The summed E-state index contributed by atoms with van der Waals surface area (Å²) in [4.78, 5) is 0.279. The van der Waals surface area contributed by atoms with Crippen LogP contribution < -0.4 is 5.32 Å². The van der Waals surface area contributed by atoms with Crippen molar-refractivity contribution in [2.45, 2.75) is 24.8 Å². The first-order chi connectivity index (χ1) is 8.93. The molecule has 0 aromatic carbocycles. The highest BCUT2D eigenvalue weighted by molar-refractivity contribution is 7.89. The Bertz CT molecular complexity index is 555. The summed E-state index contributed by atoms with van der Waals surface area (Å²) in [5, 5.41) is 3.25. The quantitative estimate of drug-likeness (QED) is 0.594. The van der Waals surface area contributed by atoms with Gasteiger partial charge in [0.25, 0.3) is 0 Å². The number of nitrogens with zero attached hydrogens (tertiary/aromatic N) is 2. The second-order valence-corrected chi connectivity index (χ2v) is 6.46. The topological polar surface area (TPSA) is 54.3 Å². The number of aromatic nitrogens is 1. The van der Waals surface area contributed by atoms with Crippen LogP contribution in [-0.4, -0.2) is 37.4 Å². The van der Waals surface area contributed by atoms with Crippen molar-refractivity contribution >= 4 is 10.0 Å². The molecule has 0 bridgehead atoms. The Morgan fingerprint density at radius 2 is 2.21 bits per heavy atom. The van der Waals surface area contributed by atoms with Gasteiger partial charge in [-0.15, -0.1) is 6.42 Å². The molecule has 0 spiro atoms. The molecule has 0 saturated carbocycles. The average Bonchev–Trinajstić information content (AvgIpc) is 2.72. The maximum absolute atomic E-state index is 12.2. The van der Waals surface area contributed by atoms with Crippen molar-refractivity contribution in [1.82, 2.24) is 14.2 Å². The van der Waals surface area contributed by atoms with E-state index in [4.69, 9.17) is 6.42 Å². The Morgan fingerprint density at radius 3 is 2.79 bits per heavy atom. The molecule has 106 valence electrons. The van der Waals surface area contributed by atoms with Gasteiger partial charge in [0.15, 0.2) is 0 Å². The molecular formula is C13H21N3O2S. The number of hydrogen-bond acceptors (Lipinski definition) is 3. The number of terminal acetylenes is 1. The zero-order chi connectivity index (χ0) is 14.5. The Balaban J connectivity index is 2.91. The minimum atomic E-state index is -3.49. The van der Waals surface area contributed by atoms with Gasteiger partial charge in [-0.1, -0.05) is 12.8 Å². The summed E-state index contributed by atoms with van der Waals surface area (Å²) in [5.41, 5.74) is 0.932. The van der Waals surface area contributed by atoms with Gasteiger partial charge in [0.05, 0.1) is 6.54 Å². The van der Waals surface area contributed by atoms with Crippen molar-refractivity contribution in [2.75, 3.05) is 20.1 Å². The van der Waals surface area contributed by atoms with E-state index in [0.29, 0.717) is 6.54 Å². The van der Waals surface area contributed by atoms with Crippen molar-refractivity contribution in [1.29, 1.82) is 0 Å². The van der Waals surface area contributed by atoms with Crippen molar-refractivity contribution in [3.8, 4) is 12.3 Å². The molecule has 0 amide bonds. The molecule has 1 aromatic heterocycles. The van der Waals surface area contributed by atoms with Gasteiger partial charge in [0, 0.05) is 32.5 Å². The van der Waals surface area contributed by atoms with Gasteiger partial charge in [0.1, 0.15) is 4.90 Å². The highest BCUT2D eigenvalue weighted by atomic mass is 32.2. The van der Waals surface area contributed by atoms with Gasteiger partial charge in [0.2, 0.25) is 10.0 Å². The lowest BCUT2D eigenvalue weighted by atomic mass is 10.4. The summed E-state index contributed by atoms with van der Waals surface area (Å²) in [6.07, 6.45) is 7.81. The first kappa shape index (κ1) is 15.8. The third kappa shape index (κ3) is 3.83. The predicted octanol–water partition coefficient (Wildman–Crippen LogP) is 0.778. The molecule has 0 atom stereocenters. The smallest absolute Gasteiger partial charge is 0.245 e. The van der Waals surface area contributed by atoms with Crippen LogP contribution in [0, 0.1) is 12.3 Å². The Hall–Kier alpha value is -1.29. The minimum absolute atomic E-state index is 0.0701. The van der Waals surface area contributed by atoms with Crippen LogP contribution in [0.3, 0.4) is 0 Å². The summed E-state index contributed by atoms with van der Waals surface area (Å²) in [5.74, 6) is 2.33. The molecule has 6 heteroatoms. The summed E-state index contributed by atoms with van der Waals surface area (Å²) < 4.78 is 27.4. The van der Waals surface area contributed by atoms with E-state index in [0.717, 1.165) is 18.7 Å². The largest absolute Gasteiger partial charge is 0.352 e. The third-order valence-electron chi connectivity index (χ3n) is 2.84. The van der Waals surface area contributed by atoms with E-state index in [2.05, 4.69) is 18.2 Å². The highest BCUT2D eigenvalue weighted by Gasteiger charge is 2.22. The molecule has 0 aliphatic carbocycles. The van der Waals surface area contributed by atoms with E-state index >= 15 is 0 Å². The van der Waals surface area contributed by atoms with Crippen LogP contribution in [0.25, 0.3) is 0 Å². The fraction of sp³-hybridized carbons (Fsp3) is 0.538. The van der Waals surface area contributed by atoms with Gasteiger partial charge in [-0.25, -0.2) is 8.42 Å². The molecule has 1 aromatic rings. The molecule has 19 heavy (non-hydrogen) atoms. The van der Waals surface area contributed by atoms with E-state index in [1.165, 1.54) is 11.4 Å². The first-order valence-electron chi connectivity index (χ1n) is 6.19. The lowest BCUT2D eigenvalue weighted by molar-refractivity contribution is 0.503. The van der Waals surface area contributed by atoms with E-state index in [1.54, 1.807) is 12.3 Å². The summed E-state index contributed by atoms with van der Waals surface area (Å²) in [6, 6.07) is 1.69. The monoisotopic (exact) mass is 283 g/mol. The summed E-state index contributed by atoms with van der Waals surface area (Å²) in [6.45, 7) is 3.71. The fourth-order valence-corrected chi connectivity index (χ4v) is 2.86. The summed E-state index contributed by atoms with van der Waals surface area (Å²) in [7, 11) is -0.171. The lowest BCUT2D eigenvalue weighted by Gasteiger charge is -2.12. The van der Waals surface area contributed by atoms with E-state index < -0.39 is 10.0 Å². The Kier molecular flexibility index (Phi) is 5.60.